The minimum Gasteiger partial charge on any atom is -0.387 e. The van der Waals surface area contributed by atoms with Crippen molar-refractivity contribution in [2.75, 3.05) is 13.2 Å². The van der Waals surface area contributed by atoms with E-state index in [4.69, 9.17) is 9.47 Å². The zero-order valence-corrected chi connectivity index (χ0v) is 10.0. The van der Waals surface area contributed by atoms with E-state index < -0.39 is 24.1 Å². The third-order valence-corrected chi connectivity index (χ3v) is 3.41. The van der Waals surface area contributed by atoms with Gasteiger partial charge in [-0.25, -0.2) is 0 Å². The maximum absolute atomic E-state index is 10.0. The number of hydrogen-bond acceptors (Lipinski definition) is 6. The number of rotatable bonds is 3. The van der Waals surface area contributed by atoms with Crippen molar-refractivity contribution in [3.63, 3.8) is 0 Å². The van der Waals surface area contributed by atoms with Crippen molar-refractivity contribution in [1.29, 1.82) is 0 Å². The minimum absolute atomic E-state index is 0.114. The second kappa shape index (κ2) is 5.17. The topological polar surface area (TPSA) is 91.2 Å². The first-order valence-corrected chi connectivity index (χ1v) is 6.14. The van der Waals surface area contributed by atoms with Gasteiger partial charge in [-0.1, -0.05) is 0 Å². The van der Waals surface area contributed by atoms with Crippen LogP contribution in [0.2, 0.25) is 0 Å². The van der Waals surface area contributed by atoms with Gasteiger partial charge in [0.1, 0.15) is 25.0 Å². The molecule has 0 saturated carbocycles. The largest absolute Gasteiger partial charge is 0.387 e. The molecule has 0 radical (unpaired) electrons. The second-order valence-corrected chi connectivity index (χ2v) is 4.85. The van der Waals surface area contributed by atoms with E-state index in [0.717, 1.165) is 25.8 Å². The van der Waals surface area contributed by atoms with Crippen molar-refractivity contribution in [3.05, 3.63) is 0 Å². The van der Waals surface area contributed by atoms with E-state index in [0.29, 0.717) is 0 Å². The molecule has 0 aliphatic carbocycles. The van der Waals surface area contributed by atoms with Gasteiger partial charge < -0.3 is 24.8 Å². The van der Waals surface area contributed by atoms with Crippen LogP contribution in [0, 0.1) is 0 Å². The highest BCUT2D eigenvalue weighted by Crippen LogP contribution is 2.29. The summed E-state index contributed by atoms with van der Waals surface area (Å²) in [6.45, 7) is 2.35. The molecule has 4 N–H and O–H groups in total. The molecule has 0 bridgehead atoms. The fraction of sp³-hybridized carbons (Fsp3) is 1.00. The summed E-state index contributed by atoms with van der Waals surface area (Å²) in [6.07, 6.45) is -0.0412. The minimum atomic E-state index is -1.81. The number of piperidine rings is 1. The van der Waals surface area contributed by atoms with Crippen molar-refractivity contribution in [2.24, 2.45) is 0 Å². The Balaban J connectivity index is 1.85. The highest BCUT2D eigenvalue weighted by molar-refractivity contribution is 4.93. The van der Waals surface area contributed by atoms with E-state index in [9.17, 15) is 15.3 Å². The molecule has 0 aromatic rings. The van der Waals surface area contributed by atoms with Gasteiger partial charge in [0.25, 0.3) is 0 Å². The van der Waals surface area contributed by atoms with E-state index in [1.807, 2.05) is 0 Å². The van der Waals surface area contributed by atoms with Crippen LogP contribution in [0.4, 0.5) is 0 Å². The highest BCUT2D eigenvalue weighted by Gasteiger charge is 2.52. The lowest BCUT2D eigenvalue weighted by molar-refractivity contribution is -0.259. The van der Waals surface area contributed by atoms with Crippen LogP contribution in [0.5, 0.6) is 0 Å². The fourth-order valence-corrected chi connectivity index (χ4v) is 2.29. The monoisotopic (exact) mass is 247 g/mol. The van der Waals surface area contributed by atoms with Crippen molar-refractivity contribution in [2.45, 2.75) is 56.5 Å². The lowest BCUT2D eigenvalue weighted by atomic mass is 10.1. The maximum Gasteiger partial charge on any atom is 0.219 e. The molecule has 6 heteroatoms. The summed E-state index contributed by atoms with van der Waals surface area (Å²) in [6, 6.07) is 0. The first-order valence-electron chi connectivity index (χ1n) is 6.14. The Morgan fingerprint density at radius 2 is 2.18 bits per heavy atom. The Morgan fingerprint density at radius 1 is 1.41 bits per heavy atom. The molecule has 6 nitrogen and oxygen atoms in total. The molecule has 2 heterocycles. The predicted molar refractivity (Wildman–Crippen MR) is 59.1 cm³/mol. The summed E-state index contributed by atoms with van der Waals surface area (Å²) >= 11 is 0. The highest BCUT2D eigenvalue weighted by atomic mass is 16.7. The van der Waals surface area contributed by atoms with Gasteiger partial charge in [0.2, 0.25) is 5.79 Å². The molecule has 2 saturated heterocycles. The maximum atomic E-state index is 10.0. The smallest absolute Gasteiger partial charge is 0.219 e. The standard InChI is InChI=1S/C11H21NO5/c1-7-9(13)10(14)11(15,17-7)6-16-8-4-2-3-5-12-8/h7-10,12-15H,2-6H2,1H3/t7-,8?,9+,10-,11+/m0/s1. The van der Waals surface area contributed by atoms with Crippen LogP contribution in [0.15, 0.2) is 0 Å². The van der Waals surface area contributed by atoms with E-state index in [1.54, 1.807) is 6.92 Å². The average molecular weight is 247 g/mol. The van der Waals surface area contributed by atoms with Crippen LogP contribution in [0.3, 0.4) is 0 Å². The lowest BCUT2D eigenvalue weighted by Gasteiger charge is -2.30. The van der Waals surface area contributed by atoms with Crippen molar-refractivity contribution < 1.29 is 24.8 Å². The van der Waals surface area contributed by atoms with Gasteiger partial charge in [0.05, 0.1) is 6.10 Å². The zero-order chi connectivity index (χ0) is 12.5. The Bertz CT molecular complexity index is 258. The third kappa shape index (κ3) is 2.78. The van der Waals surface area contributed by atoms with Gasteiger partial charge in [-0.05, 0) is 32.7 Å². The van der Waals surface area contributed by atoms with Crippen LogP contribution in [-0.2, 0) is 9.47 Å². The lowest BCUT2D eigenvalue weighted by Crippen LogP contribution is -2.49. The molecular weight excluding hydrogens is 226 g/mol. The van der Waals surface area contributed by atoms with Crippen LogP contribution in [0.25, 0.3) is 0 Å². The van der Waals surface area contributed by atoms with Crippen molar-refractivity contribution in [3.8, 4) is 0 Å². The Kier molecular flexibility index (Phi) is 4.02. The third-order valence-electron chi connectivity index (χ3n) is 3.41. The fourth-order valence-electron chi connectivity index (χ4n) is 2.29. The van der Waals surface area contributed by atoms with Crippen LogP contribution in [-0.4, -0.2) is 58.8 Å². The summed E-state index contributed by atoms with van der Waals surface area (Å²) in [5.41, 5.74) is 0. The SMILES string of the molecule is C[C@@H]1O[C@](O)(COC2CCCCN2)[C@@H](O)[C@@H]1O. The quantitative estimate of drug-likeness (QED) is 0.508. The summed E-state index contributed by atoms with van der Waals surface area (Å²) in [7, 11) is 0. The summed E-state index contributed by atoms with van der Waals surface area (Å²) < 4.78 is 10.6. The summed E-state index contributed by atoms with van der Waals surface area (Å²) in [5, 5.41) is 32.4. The molecule has 2 aliphatic rings. The summed E-state index contributed by atoms with van der Waals surface area (Å²) in [5.74, 6) is -1.81. The molecule has 0 spiro atoms. The van der Waals surface area contributed by atoms with Crippen molar-refractivity contribution in [1.82, 2.24) is 5.32 Å². The average Bonchev–Trinajstić information content (AvgIpc) is 2.53. The molecular formula is C11H21NO5. The van der Waals surface area contributed by atoms with E-state index in [2.05, 4.69) is 5.32 Å². The van der Waals surface area contributed by atoms with Crippen LogP contribution >= 0.6 is 0 Å². The molecule has 100 valence electrons. The van der Waals surface area contributed by atoms with Gasteiger partial charge >= 0.3 is 0 Å². The number of ether oxygens (including phenoxy) is 2. The molecule has 0 aromatic carbocycles. The molecule has 2 rings (SSSR count). The zero-order valence-electron chi connectivity index (χ0n) is 10.0. The summed E-state index contributed by atoms with van der Waals surface area (Å²) in [4.78, 5) is 0. The molecule has 17 heavy (non-hydrogen) atoms. The number of hydrogen-bond donors (Lipinski definition) is 4. The molecule has 1 unspecified atom stereocenters. The normalized spacial score (nSPS) is 47.3. The molecule has 0 amide bonds. The van der Waals surface area contributed by atoms with E-state index in [1.165, 1.54) is 0 Å². The molecule has 0 aromatic heterocycles. The van der Waals surface area contributed by atoms with Crippen molar-refractivity contribution >= 4 is 0 Å². The molecule has 2 aliphatic heterocycles. The molecule has 5 atom stereocenters. The van der Waals surface area contributed by atoms with Gasteiger partial charge in [0, 0.05) is 0 Å². The number of aliphatic hydroxyl groups excluding tert-OH is 2. The van der Waals surface area contributed by atoms with E-state index in [-0.39, 0.29) is 12.8 Å². The van der Waals surface area contributed by atoms with Gasteiger partial charge in [-0.3, -0.25) is 5.32 Å². The number of aliphatic hydroxyl groups is 3. The second-order valence-electron chi connectivity index (χ2n) is 4.85. The first-order chi connectivity index (χ1) is 8.03. The van der Waals surface area contributed by atoms with Gasteiger partial charge in [-0.2, -0.15) is 0 Å². The Morgan fingerprint density at radius 3 is 2.71 bits per heavy atom. The molecule has 2 fully saturated rings. The van der Waals surface area contributed by atoms with Gasteiger partial charge in [-0.15, -0.1) is 0 Å². The van der Waals surface area contributed by atoms with E-state index >= 15 is 0 Å². The van der Waals surface area contributed by atoms with Crippen LogP contribution < -0.4 is 5.32 Å². The Labute approximate surface area is 101 Å². The number of nitrogens with one attached hydrogen (secondary N) is 1. The first kappa shape index (κ1) is 13.2. The predicted octanol–water partition coefficient (Wildman–Crippen LogP) is -1.07. The Hall–Kier alpha value is -0.240. The van der Waals surface area contributed by atoms with Crippen LogP contribution in [0.1, 0.15) is 26.2 Å². The van der Waals surface area contributed by atoms with Gasteiger partial charge in [0.15, 0.2) is 0 Å².